The predicted molar refractivity (Wildman–Crippen MR) is 161 cm³/mol. The van der Waals surface area contributed by atoms with Gasteiger partial charge < -0.3 is 9.33 Å². The molecule has 0 N–H and O–H groups in total. The standard InChI is InChI=1S/C32H37BrN2OSi/c1-25(22-35-24-32(5,19-12-20-34)29-18-17-26(33)21-30(29)35)23-36-37(31(2,3)4,27-13-8-6-9-14-27)28-15-10-7-11-16-28/h6-19,21,25H,22-24H2,1-5H3/b19-12+. The molecule has 0 saturated carbocycles. The lowest BCUT2D eigenvalue weighted by molar-refractivity contribution is 0.246. The highest BCUT2D eigenvalue weighted by Crippen LogP contribution is 2.43. The number of rotatable bonds is 8. The topological polar surface area (TPSA) is 36.3 Å². The smallest absolute Gasteiger partial charge is 0.261 e. The van der Waals surface area contributed by atoms with Gasteiger partial charge in [-0.3, -0.25) is 0 Å². The van der Waals surface area contributed by atoms with Crippen LogP contribution in [0.5, 0.6) is 0 Å². The summed E-state index contributed by atoms with van der Waals surface area (Å²) in [5.41, 5.74) is 2.31. The number of fused-ring (bicyclic) bond motifs is 1. The number of nitriles is 1. The Kier molecular flexibility index (Phi) is 8.13. The van der Waals surface area contributed by atoms with E-state index in [9.17, 15) is 5.26 Å². The molecular weight excluding hydrogens is 536 g/mol. The Labute approximate surface area is 232 Å². The number of hydrogen-bond acceptors (Lipinski definition) is 3. The molecule has 0 aromatic heterocycles. The third kappa shape index (κ3) is 5.48. The minimum Gasteiger partial charge on any atom is -0.407 e. The number of hydrogen-bond donors (Lipinski definition) is 0. The van der Waals surface area contributed by atoms with E-state index in [1.165, 1.54) is 21.6 Å². The van der Waals surface area contributed by atoms with Gasteiger partial charge in [-0.2, -0.15) is 5.26 Å². The van der Waals surface area contributed by atoms with Crippen LogP contribution < -0.4 is 15.3 Å². The third-order valence-electron chi connectivity index (χ3n) is 7.49. The maximum Gasteiger partial charge on any atom is 0.261 e. The van der Waals surface area contributed by atoms with Crippen molar-refractivity contribution in [2.45, 2.75) is 45.1 Å². The molecule has 3 nitrogen and oxygen atoms in total. The maximum absolute atomic E-state index is 9.17. The van der Waals surface area contributed by atoms with Crippen molar-refractivity contribution in [2.24, 2.45) is 5.92 Å². The van der Waals surface area contributed by atoms with Crippen LogP contribution in [-0.4, -0.2) is 28.0 Å². The van der Waals surface area contributed by atoms with Crippen LogP contribution in [0.4, 0.5) is 5.69 Å². The lowest BCUT2D eigenvalue weighted by atomic mass is 9.84. The van der Waals surface area contributed by atoms with E-state index in [0.717, 1.165) is 17.6 Å². The zero-order valence-electron chi connectivity index (χ0n) is 22.5. The van der Waals surface area contributed by atoms with Gasteiger partial charge in [0.25, 0.3) is 8.32 Å². The normalized spacial score (nSPS) is 18.6. The molecule has 0 bridgehead atoms. The molecule has 3 aromatic carbocycles. The van der Waals surface area contributed by atoms with Gasteiger partial charge in [-0.15, -0.1) is 0 Å². The van der Waals surface area contributed by atoms with Crippen LogP contribution in [0.3, 0.4) is 0 Å². The summed E-state index contributed by atoms with van der Waals surface area (Å²) >= 11 is 3.66. The lowest BCUT2D eigenvalue weighted by Crippen LogP contribution is -2.67. The molecule has 192 valence electrons. The van der Waals surface area contributed by atoms with Crippen molar-refractivity contribution in [1.82, 2.24) is 0 Å². The van der Waals surface area contributed by atoms with Crippen LogP contribution in [0.25, 0.3) is 0 Å². The molecule has 0 radical (unpaired) electrons. The maximum atomic E-state index is 9.17. The number of allylic oxidation sites excluding steroid dienone is 1. The second kappa shape index (κ2) is 11.0. The largest absolute Gasteiger partial charge is 0.407 e. The van der Waals surface area contributed by atoms with Gasteiger partial charge in [-0.25, -0.2) is 0 Å². The summed E-state index contributed by atoms with van der Waals surface area (Å²) in [6.45, 7) is 13.9. The molecule has 3 aromatic rings. The number of nitrogens with zero attached hydrogens (tertiary/aromatic N) is 2. The monoisotopic (exact) mass is 572 g/mol. The van der Waals surface area contributed by atoms with E-state index in [-0.39, 0.29) is 10.5 Å². The van der Waals surface area contributed by atoms with Crippen molar-refractivity contribution in [3.8, 4) is 6.07 Å². The molecule has 5 heteroatoms. The fraction of sp³-hybridized carbons (Fsp3) is 0.344. The molecule has 4 rings (SSSR count). The van der Waals surface area contributed by atoms with Crippen molar-refractivity contribution >= 4 is 40.3 Å². The molecule has 1 aliphatic heterocycles. The van der Waals surface area contributed by atoms with Gasteiger partial charge in [0, 0.05) is 41.3 Å². The molecule has 0 spiro atoms. The highest BCUT2D eigenvalue weighted by atomic mass is 79.9. The van der Waals surface area contributed by atoms with Crippen LogP contribution in [0.2, 0.25) is 5.04 Å². The van der Waals surface area contributed by atoms with E-state index in [1.54, 1.807) is 6.08 Å². The van der Waals surface area contributed by atoms with Crippen molar-refractivity contribution in [2.75, 3.05) is 24.6 Å². The van der Waals surface area contributed by atoms with Crippen LogP contribution in [0, 0.1) is 17.2 Å². The summed E-state index contributed by atoms with van der Waals surface area (Å²) in [5.74, 6) is 0.316. The number of halogens is 1. The summed E-state index contributed by atoms with van der Waals surface area (Å²) in [4.78, 5) is 2.46. The SMILES string of the molecule is CC(CO[Si](c1ccccc1)(c1ccccc1)C(C)(C)C)CN1CC(C)(/C=C/C#N)c2ccc(Br)cc21. The van der Waals surface area contributed by atoms with Gasteiger partial charge in [0.1, 0.15) is 0 Å². The average molecular weight is 574 g/mol. The molecule has 0 amide bonds. The van der Waals surface area contributed by atoms with E-state index < -0.39 is 8.32 Å². The van der Waals surface area contributed by atoms with E-state index in [4.69, 9.17) is 4.43 Å². The van der Waals surface area contributed by atoms with Gasteiger partial charge in [0.2, 0.25) is 0 Å². The van der Waals surface area contributed by atoms with Crippen LogP contribution in [0.1, 0.15) is 40.2 Å². The Morgan fingerprint density at radius 1 is 1.05 bits per heavy atom. The van der Waals surface area contributed by atoms with E-state index in [2.05, 4.69) is 140 Å². The molecule has 1 aliphatic rings. The van der Waals surface area contributed by atoms with E-state index in [0.29, 0.717) is 12.5 Å². The zero-order chi connectivity index (χ0) is 26.7. The van der Waals surface area contributed by atoms with Crippen molar-refractivity contribution in [1.29, 1.82) is 5.26 Å². The van der Waals surface area contributed by atoms with Crippen molar-refractivity contribution < 1.29 is 4.43 Å². The number of benzene rings is 3. The molecule has 0 saturated heterocycles. The summed E-state index contributed by atoms with van der Waals surface area (Å²) in [7, 11) is -2.57. The highest BCUT2D eigenvalue weighted by Gasteiger charge is 2.50. The molecule has 0 aliphatic carbocycles. The molecule has 2 unspecified atom stereocenters. The van der Waals surface area contributed by atoms with E-state index in [1.807, 2.05) is 6.08 Å². The minimum absolute atomic E-state index is 0.0405. The van der Waals surface area contributed by atoms with Crippen LogP contribution >= 0.6 is 15.9 Å². The first-order chi connectivity index (χ1) is 17.6. The second-order valence-corrected chi connectivity index (χ2v) is 16.7. The fourth-order valence-corrected chi connectivity index (χ4v) is 10.8. The summed E-state index contributed by atoms with van der Waals surface area (Å²) in [5, 5.41) is 11.8. The predicted octanol–water partition coefficient (Wildman–Crippen LogP) is 6.82. The molecular formula is C32H37BrN2OSi. The number of anilines is 1. The Hall–Kier alpha value is -2.65. The Morgan fingerprint density at radius 2 is 1.65 bits per heavy atom. The molecule has 0 fully saturated rings. The molecule has 2 atom stereocenters. The summed E-state index contributed by atoms with van der Waals surface area (Å²) < 4.78 is 8.28. The first-order valence-corrected chi connectivity index (χ1v) is 15.7. The van der Waals surface area contributed by atoms with Crippen molar-refractivity contribution in [3.63, 3.8) is 0 Å². The summed E-state index contributed by atoms with van der Waals surface area (Å²) in [6, 6.07) is 30.3. The Balaban J connectivity index is 1.62. The first-order valence-electron chi connectivity index (χ1n) is 13.0. The van der Waals surface area contributed by atoms with E-state index >= 15 is 0 Å². The Morgan fingerprint density at radius 3 is 2.19 bits per heavy atom. The van der Waals surface area contributed by atoms with Gasteiger partial charge in [-0.1, -0.05) is 123 Å². The lowest BCUT2D eigenvalue weighted by Gasteiger charge is -2.43. The Bertz CT molecular complexity index is 1240. The average Bonchev–Trinajstić information content (AvgIpc) is 3.14. The summed E-state index contributed by atoms with van der Waals surface area (Å²) in [6.07, 6.45) is 3.66. The van der Waals surface area contributed by atoms with Crippen LogP contribution in [0.15, 0.2) is 95.5 Å². The van der Waals surface area contributed by atoms with Gasteiger partial charge in [-0.05, 0) is 39.0 Å². The molecule has 1 heterocycles. The molecule has 37 heavy (non-hydrogen) atoms. The highest BCUT2D eigenvalue weighted by molar-refractivity contribution is 9.10. The van der Waals surface area contributed by atoms with Gasteiger partial charge in [0.05, 0.1) is 6.07 Å². The quantitative estimate of drug-likeness (QED) is 0.219. The van der Waals surface area contributed by atoms with Crippen molar-refractivity contribution in [3.05, 3.63) is 101 Å². The fourth-order valence-electron chi connectivity index (χ4n) is 5.80. The van der Waals surface area contributed by atoms with Crippen LogP contribution in [-0.2, 0) is 9.84 Å². The van der Waals surface area contributed by atoms with Gasteiger partial charge >= 0.3 is 0 Å². The van der Waals surface area contributed by atoms with Gasteiger partial charge in [0.15, 0.2) is 0 Å². The minimum atomic E-state index is -2.57. The first kappa shape index (κ1) is 27.4. The third-order valence-corrected chi connectivity index (χ3v) is 13.0. The zero-order valence-corrected chi connectivity index (χ0v) is 25.1. The second-order valence-electron chi connectivity index (χ2n) is 11.5.